The second-order valence-corrected chi connectivity index (χ2v) is 6.41. The van der Waals surface area contributed by atoms with Crippen LogP contribution in [-0.2, 0) is 12.6 Å². The molecule has 1 unspecified atom stereocenters. The van der Waals surface area contributed by atoms with Gasteiger partial charge in [-0.05, 0) is 26.0 Å². The number of nitrogens with zero attached hydrogens (tertiary/aromatic N) is 4. The van der Waals surface area contributed by atoms with Gasteiger partial charge in [-0.15, -0.1) is 0 Å². The first-order chi connectivity index (χ1) is 13.3. The van der Waals surface area contributed by atoms with Crippen molar-refractivity contribution < 1.29 is 13.2 Å². The van der Waals surface area contributed by atoms with Gasteiger partial charge in [-0.2, -0.15) is 13.2 Å². The molecular weight excluding hydrogens is 369 g/mol. The van der Waals surface area contributed by atoms with Gasteiger partial charge in [0.1, 0.15) is 5.82 Å². The number of aliphatic imine (C=N–C) groups is 2. The van der Waals surface area contributed by atoms with Crippen LogP contribution in [-0.4, -0.2) is 34.2 Å². The Bertz CT molecular complexity index is 920. The lowest BCUT2D eigenvalue weighted by Gasteiger charge is -2.14. The molecular formula is C19H21F3N6. The van der Waals surface area contributed by atoms with Crippen molar-refractivity contribution in [3.63, 3.8) is 0 Å². The fraction of sp³-hybridized carbons (Fsp3) is 0.368. The number of hydrogen-bond acceptors (Lipinski definition) is 6. The molecule has 2 heterocycles. The molecule has 0 radical (unpaired) electrons. The molecule has 1 aliphatic rings. The number of rotatable bonds is 5. The van der Waals surface area contributed by atoms with Crippen LogP contribution in [0.5, 0.6) is 0 Å². The summed E-state index contributed by atoms with van der Waals surface area (Å²) in [6.45, 7) is 4.20. The molecule has 0 amide bonds. The lowest BCUT2D eigenvalue weighted by molar-refractivity contribution is -0.137. The zero-order valence-electron chi connectivity index (χ0n) is 15.6. The predicted molar refractivity (Wildman–Crippen MR) is 103 cm³/mol. The van der Waals surface area contributed by atoms with Crippen LogP contribution >= 0.6 is 0 Å². The Morgan fingerprint density at radius 2 is 1.93 bits per heavy atom. The van der Waals surface area contributed by atoms with Crippen LogP contribution < -0.4 is 11.1 Å². The first kappa shape index (κ1) is 19.9. The normalized spacial score (nSPS) is 16.7. The van der Waals surface area contributed by atoms with E-state index in [0.29, 0.717) is 30.4 Å². The highest BCUT2D eigenvalue weighted by atomic mass is 19.4. The monoisotopic (exact) mass is 390 g/mol. The molecule has 3 N–H and O–H groups in total. The minimum absolute atomic E-state index is 0.00160. The average Bonchev–Trinajstić information content (AvgIpc) is 3.00. The van der Waals surface area contributed by atoms with E-state index in [4.69, 9.17) is 5.73 Å². The molecule has 1 atom stereocenters. The smallest absolute Gasteiger partial charge is 0.330 e. The van der Waals surface area contributed by atoms with Gasteiger partial charge < -0.3 is 11.1 Å². The fourth-order valence-electron chi connectivity index (χ4n) is 2.96. The largest absolute Gasteiger partial charge is 0.417 e. The zero-order chi connectivity index (χ0) is 20.3. The molecule has 0 bridgehead atoms. The van der Waals surface area contributed by atoms with Crippen LogP contribution in [0.1, 0.15) is 31.5 Å². The lowest BCUT2D eigenvalue weighted by Crippen LogP contribution is -2.13. The number of halogens is 3. The van der Waals surface area contributed by atoms with E-state index in [1.54, 1.807) is 6.07 Å². The molecule has 0 spiro atoms. The number of nitrogens with two attached hydrogens (primary N) is 1. The average molecular weight is 390 g/mol. The van der Waals surface area contributed by atoms with Crippen LogP contribution in [0, 0.1) is 0 Å². The predicted octanol–water partition coefficient (Wildman–Crippen LogP) is 3.68. The van der Waals surface area contributed by atoms with E-state index in [9.17, 15) is 13.2 Å². The number of guanidine groups is 1. The summed E-state index contributed by atoms with van der Waals surface area (Å²) in [6, 6.07) is 6.89. The summed E-state index contributed by atoms with van der Waals surface area (Å²) in [5.74, 6) is 0.696. The zero-order valence-corrected chi connectivity index (χ0v) is 15.6. The van der Waals surface area contributed by atoms with Crippen molar-refractivity contribution in [2.24, 2.45) is 15.7 Å². The standard InChI is InChI=1S/C19H21F3N6/c1-3-15-11(2)24-18(26-15)28-16-10-12(8-9-23)25-17(27-16)13-6-4-5-7-14(13)19(20,21)22/h4-7,10,15H,3,8-9,23H2,1-2H3,(H,25,26,27,28). The van der Waals surface area contributed by atoms with E-state index in [2.05, 4.69) is 25.3 Å². The molecule has 1 aliphatic heterocycles. The quantitative estimate of drug-likeness (QED) is 0.815. The van der Waals surface area contributed by atoms with Crippen LogP contribution in [0.15, 0.2) is 40.3 Å². The van der Waals surface area contributed by atoms with Gasteiger partial charge in [0, 0.05) is 29.5 Å². The molecule has 0 fully saturated rings. The Kier molecular flexibility index (Phi) is 5.73. The highest BCUT2D eigenvalue weighted by Crippen LogP contribution is 2.36. The highest BCUT2D eigenvalue weighted by molar-refractivity contribution is 6.08. The Hall–Kier alpha value is -2.81. The van der Waals surface area contributed by atoms with Crippen LogP contribution in [0.2, 0.25) is 0 Å². The SMILES string of the molecule is CCC1N=C(Nc2cc(CCN)nc(-c3ccccc3C(F)(F)F)n2)N=C1C. The molecule has 148 valence electrons. The lowest BCUT2D eigenvalue weighted by atomic mass is 10.1. The topological polar surface area (TPSA) is 88.5 Å². The first-order valence-corrected chi connectivity index (χ1v) is 8.96. The fourth-order valence-corrected chi connectivity index (χ4v) is 2.96. The van der Waals surface area contributed by atoms with E-state index in [0.717, 1.165) is 18.2 Å². The van der Waals surface area contributed by atoms with E-state index >= 15 is 0 Å². The van der Waals surface area contributed by atoms with Gasteiger partial charge in [-0.25, -0.2) is 20.0 Å². The van der Waals surface area contributed by atoms with Crippen molar-refractivity contribution in [2.75, 3.05) is 11.9 Å². The summed E-state index contributed by atoms with van der Waals surface area (Å²) in [7, 11) is 0. The van der Waals surface area contributed by atoms with Gasteiger partial charge >= 0.3 is 6.18 Å². The van der Waals surface area contributed by atoms with Gasteiger partial charge in [-0.3, -0.25) is 0 Å². The molecule has 0 saturated carbocycles. The van der Waals surface area contributed by atoms with Crippen LogP contribution in [0.25, 0.3) is 11.4 Å². The molecule has 3 rings (SSSR count). The van der Waals surface area contributed by atoms with Crippen molar-refractivity contribution in [1.82, 2.24) is 9.97 Å². The number of hydrogen-bond donors (Lipinski definition) is 2. The van der Waals surface area contributed by atoms with Crippen LogP contribution in [0.4, 0.5) is 19.0 Å². The number of anilines is 1. The van der Waals surface area contributed by atoms with E-state index in [1.807, 2.05) is 13.8 Å². The summed E-state index contributed by atoms with van der Waals surface area (Å²) in [5, 5.41) is 2.99. The van der Waals surface area contributed by atoms with Crippen molar-refractivity contribution in [2.45, 2.75) is 38.9 Å². The van der Waals surface area contributed by atoms with Crippen molar-refractivity contribution in [3.8, 4) is 11.4 Å². The second-order valence-electron chi connectivity index (χ2n) is 6.41. The molecule has 2 aromatic rings. The van der Waals surface area contributed by atoms with Gasteiger partial charge in [0.25, 0.3) is 0 Å². The van der Waals surface area contributed by atoms with E-state index in [-0.39, 0.29) is 17.4 Å². The maximum atomic E-state index is 13.4. The van der Waals surface area contributed by atoms with Crippen LogP contribution in [0.3, 0.4) is 0 Å². The highest BCUT2D eigenvalue weighted by Gasteiger charge is 2.34. The minimum atomic E-state index is -4.51. The minimum Gasteiger partial charge on any atom is -0.330 e. The maximum absolute atomic E-state index is 13.4. The third-order valence-corrected chi connectivity index (χ3v) is 4.32. The Labute approximate surface area is 160 Å². The third-order valence-electron chi connectivity index (χ3n) is 4.32. The molecule has 6 nitrogen and oxygen atoms in total. The first-order valence-electron chi connectivity index (χ1n) is 8.96. The molecule has 0 aliphatic carbocycles. The Morgan fingerprint density at radius 1 is 1.18 bits per heavy atom. The van der Waals surface area contributed by atoms with Gasteiger partial charge in [0.05, 0.1) is 11.6 Å². The third kappa shape index (κ3) is 4.36. The number of nitrogens with one attached hydrogen (secondary N) is 1. The molecule has 0 saturated heterocycles. The second kappa shape index (κ2) is 8.05. The Morgan fingerprint density at radius 3 is 2.57 bits per heavy atom. The van der Waals surface area contributed by atoms with Gasteiger partial charge in [-0.1, -0.05) is 25.1 Å². The summed E-state index contributed by atoms with van der Waals surface area (Å²) >= 11 is 0. The van der Waals surface area contributed by atoms with Crippen molar-refractivity contribution in [3.05, 3.63) is 41.6 Å². The van der Waals surface area contributed by atoms with Crippen molar-refractivity contribution in [1.29, 1.82) is 0 Å². The summed E-state index contributed by atoms with van der Waals surface area (Å²) in [6.07, 6.45) is -3.29. The maximum Gasteiger partial charge on any atom is 0.417 e. The van der Waals surface area contributed by atoms with Gasteiger partial charge in [0.15, 0.2) is 5.82 Å². The number of aromatic nitrogens is 2. The molecule has 9 heteroatoms. The van der Waals surface area contributed by atoms with E-state index in [1.165, 1.54) is 18.2 Å². The van der Waals surface area contributed by atoms with E-state index < -0.39 is 11.7 Å². The number of benzene rings is 1. The molecule has 1 aromatic carbocycles. The molecule has 28 heavy (non-hydrogen) atoms. The number of alkyl halides is 3. The van der Waals surface area contributed by atoms with Crippen molar-refractivity contribution >= 4 is 17.5 Å². The van der Waals surface area contributed by atoms with Gasteiger partial charge in [0.2, 0.25) is 5.96 Å². The Balaban J connectivity index is 2.03. The summed E-state index contributed by atoms with van der Waals surface area (Å²) in [4.78, 5) is 17.4. The molecule has 1 aromatic heterocycles. The summed E-state index contributed by atoms with van der Waals surface area (Å²) < 4.78 is 40.2. The summed E-state index contributed by atoms with van der Waals surface area (Å²) in [5.41, 5.74) is 6.15.